The Labute approximate surface area is 119 Å². The fourth-order valence-corrected chi connectivity index (χ4v) is 2.28. The number of rotatable bonds is 4. The van der Waals surface area contributed by atoms with Gasteiger partial charge in [-0.25, -0.2) is 0 Å². The number of halogens is 1. The molecule has 19 heavy (non-hydrogen) atoms. The van der Waals surface area contributed by atoms with Crippen LogP contribution in [0.1, 0.15) is 11.1 Å². The van der Waals surface area contributed by atoms with Gasteiger partial charge in [-0.3, -0.25) is 10.1 Å². The van der Waals surface area contributed by atoms with Crippen LogP contribution in [-0.2, 0) is 6.54 Å². The van der Waals surface area contributed by atoms with Gasteiger partial charge >= 0.3 is 0 Å². The van der Waals surface area contributed by atoms with Gasteiger partial charge in [-0.1, -0.05) is 28.1 Å². The number of benzene rings is 2. The molecule has 0 aliphatic carbocycles. The highest BCUT2D eigenvalue weighted by Crippen LogP contribution is 2.21. The van der Waals surface area contributed by atoms with Gasteiger partial charge in [0.2, 0.25) is 0 Å². The maximum atomic E-state index is 10.7. The number of nitro benzene ring substituents is 1. The molecule has 4 nitrogen and oxygen atoms in total. The Morgan fingerprint density at radius 2 is 2.05 bits per heavy atom. The van der Waals surface area contributed by atoms with E-state index in [1.165, 1.54) is 6.07 Å². The molecule has 0 saturated heterocycles. The molecule has 98 valence electrons. The second kappa shape index (κ2) is 5.84. The van der Waals surface area contributed by atoms with Crippen molar-refractivity contribution in [2.45, 2.75) is 13.5 Å². The van der Waals surface area contributed by atoms with E-state index in [4.69, 9.17) is 0 Å². The lowest BCUT2D eigenvalue weighted by atomic mass is 10.1. The molecule has 1 N–H and O–H groups in total. The van der Waals surface area contributed by atoms with E-state index in [0.717, 1.165) is 21.3 Å². The number of nitro groups is 1. The predicted molar refractivity (Wildman–Crippen MR) is 79.3 cm³/mol. The zero-order valence-electron chi connectivity index (χ0n) is 10.4. The van der Waals surface area contributed by atoms with Crippen molar-refractivity contribution < 1.29 is 4.92 Å². The number of hydrogen-bond donors (Lipinski definition) is 1. The minimum atomic E-state index is -0.381. The summed E-state index contributed by atoms with van der Waals surface area (Å²) in [6, 6.07) is 12.6. The Morgan fingerprint density at radius 3 is 2.74 bits per heavy atom. The van der Waals surface area contributed by atoms with Gasteiger partial charge in [-0.2, -0.15) is 0 Å². The smallest absolute Gasteiger partial charge is 0.269 e. The molecule has 0 unspecified atom stereocenters. The Morgan fingerprint density at radius 1 is 1.26 bits per heavy atom. The van der Waals surface area contributed by atoms with Gasteiger partial charge < -0.3 is 5.32 Å². The van der Waals surface area contributed by atoms with Crippen LogP contribution in [0.2, 0.25) is 0 Å². The molecule has 0 atom stereocenters. The fourth-order valence-electron chi connectivity index (χ4n) is 1.80. The molecule has 2 aromatic carbocycles. The quantitative estimate of drug-likeness (QED) is 0.675. The van der Waals surface area contributed by atoms with Gasteiger partial charge in [0.05, 0.1) is 4.92 Å². The Hall–Kier alpha value is -1.88. The SMILES string of the molecule is Cc1cc(Br)ccc1NCc1cccc([N+](=O)[O-])c1. The normalized spacial score (nSPS) is 10.2. The number of anilines is 1. The van der Waals surface area contributed by atoms with Gasteiger partial charge in [-0.05, 0) is 36.2 Å². The second-order valence-corrected chi connectivity index (χ2v) is 5.16. The summed E-state index contributed by atoms with van der Waals surface area (Å²) < 4.78 is 1.03. The Bertz CT molecular complexity index is 614. The molecule has 2 aromatic rings. The molecular weight excluding hydrogens is 308 g/mol. The number of hydrogen-bond acceptors (Lipinski definition) is 3. The molecule has 0 spiro atoms. The molecule has 2 rings (SSSR count). The van der Waals surface area contributed by atoms with E-state index in [9.17, 15) is 10.1 Å². The van der Waals surface area contributed by atoms with Gasteiger partial charge in [0, 0.05) is 28.8 Å². The third-order valence-corrected chi connectivity index (χ3v) is 3.29. The Balaban J connectivity index is 2.10. The van der Waals surface area contributed by atoms with Crippen molar-refractivity contribution in [2.75, 3.05) is 5.32 Å². The molecule has 0 amide bonds. The van der Waals surface area contributed by atoms with Gasteiger partial charge in [0.25, 0.3) is 5.69 Å². The lowest BCUT2D eigenvalue weighted by Crippen LogP contribution is -2.01. The largest absolute Gasteiger partial charge is 0.381 e. The van der Waals surface area contributed by atoms with Gasteiger partial charge in [0.15, 0.2) is 0 Å². The highest BCUT2D eigenvalue weighted by molar-refractivity contribution is 9.10. The maximum absolute atomic E-state index is 10.7. The predicted octanol–water partition coefficient (Wildman–Crippen LogP) is 4.28. The van der Waals surface area contributed by atoms with Crippen molar-refractivity contribution in [3.8, 4) is 0 Å². The van der Waals surface area contributed by atoms with Crippen LogP contribution in [0.5, 0.6) is 0 Å². The molecule has 0 aromatic heterocycles. The van der Waals surface area contributed by atoms with E-state index in [0.29, 0.717) is 6.54 Å². The zero-order valence-corrected chi connectivity index (χ0v) is 12.0. The molecule has 0 saturated carbocycles. The fraction of sp³-hybridized carbons (Fsp3) is 0.143. The standard InChI is InChI=1S/C14H13BrN2O2/c1-10-7-12(15)5-6-14(10)16-9-11-3-2-4-13(8-11)17(18)19/h2-8,16H,9H2,1H3. The number of aryl methyl sites for hydroxylation is 1. The first-order valence-corrected chi connectivity index (χ1v) is 6.59. The molecule has 0 bridgehead atoms. The lowest BCUT2D eigenvalue weighted by Gasteiger charge is -2.09. The molecule has 0 radical (unpaired) electrons. The minimum absolute atomic E-state index is 0.117. The van der Waals surface area contributed by atoms with Gasteiger partial charge in [0.1, 0.15) is 0 Å². The molecule has 0 heterocycles. The highest BCUT2D eigenvalue weighted by atomic mass is 79.9. The van der Waals surface area contributed by atoms with Crippen LogP contribution in [0.4, 0.5) is 11.4 Å². The summed E-state index contributed by atoms with van der Waals surface area (Å²) in [5, 5.41) is 14.0. The third kappa shape index (κ3) is 3.54. The van der Waals surface area contributed by atoms with E-state index in [2.05, 4.69) is 21.2 Å². The number of non-ortho nitro benzene ring substituents is 1. The third-order valence-electron chi connectivity index (χ3n) is 2.79. The number of nitrogens with one attached hydrogen (secondary N) is 1. The van der Waals surface area contributed by atoms with Crippen LogP contribution < -0.4 is 5.32 Å². The summed E-state index contributed by atoms with van der Waals surface area (Å²) in [4.78, 5) is 10.3. The van der Waals surface area contributed by atoms with Crippen LogP contribution in [0.3, 0.4) is 0 Å². The van der Waals surface area contributed by atoms with E-state index >= 15 is 0 Å². The van der Waals surface area contributed by atoms with Crippen LogP contribution in [-0.4, -0.2) is 4.92 Å². The van der Waals surface area contributed by atoms with Crippen LogP contribution >= 0.6 is 15.9 Å². The first kappa shape index (κ1) is 13.5. The van der Waals surface area contributed by atoms with E-state index in [1.54, 1.807) is 12.1 Å². The summed E-state index contributed by atoms with van der Waals surface area (Å²) in [6.45, 7) is 2.57. The van der Waals surface area contributed by atoms with E-state index < -0.39 is 0 Å². The summed E-state index contributed by atoms with van der Waals surface area (Å²) in [5.74, 6) is 0. The monoisotopic (exact) mass is 320 g/mol. The summed E-state index contributed by atoms with van der Waals surface area (Å²) in [6.07, 6.45) is 0. The van der Waals surface area contributed by atoms with Crippen molar-refractivity contribution in [3.05, 3.63) is 68.2 Å². The van der Waals surface area contributed by atoms with Crippen molar-refractivity contribution in [1.29, 1.82) is 0 Å². The zero-order chi connectivity index (χ0) is 13.8. The summed E-state index contributed by atoms with van der Waals surface area (Å²) >= 11 is 3.42. The van der Waals surface area contributed by atoms with E-state index in [1.807, 2.05) is 31.2 Å². The van der Waals surface area contributed by atoms with Gasteiger partial charge in [-0.15, -0.1) is 0 Å². The topological polar surface area (TPSA) is 55.2 Å². The second-order valence-electron chi connectivity index (χ2n) is 4.24. The maximum Gasteiger partial charge on any atom is 0.269 e. The van der Waals surface area contributed by atoms with Crippen LogP contribution in [0.25, 0.3) is 0 Å². The van der Waals surface area contributed by atoms with Crippen molar-refractivity contribution in [3.63, 3.8) is 0 Å². The average Bonchev–Trinajstić information content (AvgIpc) is 2.38. The molecule has 5 heteroatoms. The minimum Gasteiger partial charge on any atom is -0.381 e. The molecule has 0 fully saturated rings. The first-order valence-electron chi connectivity index (χ1n) is 5.79. The Kier molecular flexibility index (Phi) is 4.16. The molecule has 0 aliphatic rings. The summed E-state index contributed by atoms with van der Waals surface area (Å²) in [7, 11) is 0. The molecule has 0 aliphatic heterocycles. The van der Waals surface area contributed by atoms with Crippen molar-refractivity contribution in [1.82, 2.24) is 0 Å². The molecular formula is C14H13BrN2O2. The van der Waals surface area contributed by atoms with Crippen LogP contribution in [0.15, 0.2) is 46.9 Å². The average molecular weight is 321 g/mol. The van der Waals surface area contributed by atoms with Crippen LogP contribution in [0, 0.1) is 17.0 Å². The van der Waals surface area contributed by atoms with Crippen molar-refractivity contribution >= 4 is 27.3 Å². The van der Waals surface area contributed by atoms with E-state index in [-0.39, 0.29) is 10.6 Å². The number of nitrogens with zero attached hydrogens (tertiary/aromatic N) is 1. The lowest BCUT2D eigenvalue weighted by molar-refractivity contribution is -0.384. The summed E-state index contributed by atoms with van der Waals surface area (Å²) in [5.41, 5.74) is 3.15. The first-order chi connectivity index (χ1) is 9.06. The highest BCUT2D eigenvalue weighted by Gasteiger charge is 2.05. The van der Waals surface area contributed by atoms with Crippen molar-refractivity contribution in [2.24, 2.45) is 0 Å².